The number of aromatic nitrogens is 2. The van der Waals surface area contributed by atoms with Gasteiger partial charge in [0.2, 0.25) is 0 Å². The molecule has 0 aliphatic heterocycles. The minimum absolute atomic E-state index is 0.109. The lowest BCUT2D eigenvalue weighted by molar-refractivity contribution is 0.0691. The third kappa shape index (κ3) is 2.29. The number of nitrogens with zero attached hydrogens (tertiary/aromatic N) is 2. The third-order valence-corrected chi connectivity index (χ3v) is 2.71. The highest BCUT2D eigenvalue weighted by molar-refractivity contribution is 7.13. The number of rotatable bonds is 3. The molecule has 0 saturated heterocycles. The Morgan fingerprint density at radius 1 is 1.50 bits per heavy atom. The summed E-state index contributed by atoms with van der Waals surface area (Å²) in [7, 11) is 0. The van der Waals surface area contributed by atoms with Gasteiger partial charge in [-0.25, -0.2) is 14.8 Å². The fraction of sp³-hybridized carbons (Fsp3) is 0. The van der Waals surface area contributed by atoms with Crippen molar-refractivity contribution >= 4 is 39.9 Å². The molecule has 2 rings (SSSR count). The first-order valence-electron chi connectivity index (χ1n) is 4.23. The van der Waals surface area contributed by atoms with E-state index in [1.54, 1.807) is 17.6 Å². The SMILES string of the molecule is O=C(O)c1nc(Nc2nccs2)ccc1Cl. The Hall–Kier alpha value is -1.66. The van der Waals surface area contributed by atoms with Crippen molar-refractivity contribution in [1.82, 2.24) is 9.97 Å². The zero-order valence-electron chi connectivity index (χ0n) is 7.85. The van der Waals surface area contributed by atoms with Crippen LogP contribution in [0.5, 0.6) is 0 Å². The lowest BCUT2D eigenvalue weighted by Crippen LogP contribution is -2.03. The van der Waals surface area contributed by atoms with Gasteiger partial charge in [0.25, 0.3) is 0 Å². The maximum absolute atomic E-state index is 10.8. The second-order valence-electron chi connectivity index (χ2n) is 2.79. The fourth-order valence-electron chi connectivity index (χ4n) is 1.06. The average molecular weight is 256 g/mol. The molecule has 0 aliphatic rings. The Bertz CT molecular complexity index is 515. The molecule has 2 N–H and O–H groups in total. The minimum atomic E-state index is -1.16. The van der Waals surface area contributed by atoms with Gasteiger partial charge in [-0.05, 0) is 12.1 Å². The van der Waals surface area contributed by atoms with Crippen LogP contribution in [0.15, 0.2) is 23.7 Å². The molecule has 0 spiro atoms. The number of hydrogen-bond donors (Lipinski definition) is 2. The molecule has 7 heteroatoms. The highest BCUT2D eigenvalue weighted by Crippen LogP contribution is 2.20. The van der Waals surface area contributed by atoms with Crippen LogP contribution in [0.2, 0.25) is 5.02 Å². The van der Waals surface area contributed by atoms with E-state index in [1.165, 1.54) is 17.4 Å². The van der Waals surface area contributed by atoms with Gasteiger partial charge >= 0.3 is 5.97 Å². The Balaban J connectivity index is 2.29. The number of hydrogen-bond acceptors (Lipinski definition) is 5. The first-order valence-corrected chi connectivity index (χ1v) is 5.49. The molecule has 82 valence electrons. The van der Waals surface area contributed by atoms with Crippen LogP contribution >= 0.6 is 22.9 Å². The van der Waals surface area contributed by atoms with Gasteiger partial charge in [0.05, 0.1) is 5.02 Å². The number of anilines is 2. The number of halogens is 1. The molecular formula is C9H6ClN3O2S. The van der Waals surface area contributed by atoms with Gasteiger partial charge in [0, 0.05) is 11.6 Å². The van der Waals surface area contributed by atoms with Gasteiger partial charge in [-0.1, -0.05) is 11.6 Å². The van der Waals surface area contributed by atoms with E-state index in [-0.39, 0.29) is 10.7 Å². The van der Waals surface area contributed by atoms with E-state index in [4.69, 9.17) is 16.7 Å². The van der Waals surface area contributed by atoms with Crippen molar-refractivity contribution in [2.24, 2.45) is 0 Å². The summed E-state index contributed by atoms with van der Waals surface area (Å²) in [5.74, 6) is -0.760. The van der Waals surface area contributed by atoms with Crippen molar-refractivity contribution in [2.75, 3.05) is 5.32 Å². The van der Waals surface area contributed by atoms with Crippen molar-refractivity contribution in [2.45, 2.75) is 0 Å². The minimum Gasteiger partial charge on any atom is -0.476 e. The van der Waals surface area contributed by atoms with Gasteiger partial charge in [-0.2, -0.15) is 0 Å². The average Bonchev–Trinajstić information content (AvgIpc) is 2.73. The summed E-state index contributed by atoms with van der Waals surface area (Å²) in [4.78, 5) is 18.7. The van der Waals surface area contributed by atoms with Gasteiger partial charge in [-0.15, -0.1) is 11.3 Å². The smallest absolute Gasteiger partial charge is 0.356 e. The molecule has 5 nitrogen and oxygen atoms in total. The molecule has 0 saturated carbocycles. The summed E-state index contributed by atoms with van der Waals surface area (Å²) < 4.78 is 0. The third-order valence-electron chi connectivity index (χ3n) is 1.72. The number of nitrogens with one attached hydrogen (secondary N) is 1. The Labute approximate surface area is 99.7 Å². The lowest BCUT2D eigenvalue weighted by atomic mass is 10.3. The summed E-state index contributed by atoms with van der Waals surface area (Å²) in [6.45, 7) is 0. The topological polar surface area (TPSA) is 75.1 Å². The van der Waals surface area contributed by atoms with Crippen molar-refractivity contribution in [1.29, 1.82) is 0 Å². The second-order valence-corrected chi connectivity index (χ2v) is 4.10. The monoisotopic (exact) mass is 255 g/mol. The Morgan fingerprint density at radius 3 is 2.94 bits per heavy atom. The standard InChI is InChI=1S/C9H6ClN3O2S/c10-5-1-2-6(12-7(5)8(14)15)13-9-11-3-4-16-9/h1-4H,(H,14,15)(H,11,12,13). The van der Waals surface area contributed by atoms with Gasteiger partial charge in [0.15, 0.2) is 10.8 Å². The van der Waals surface area contributed by atoms with Crippen LogP contribution < -0.4 is 5.32 Å². The summed E-state index contributed by atoms with van der Waals surface area (Å²) in [5.41, 5.74) is -0.178. The quantitative estimate of drug-likeness (QED) is 0.882. The van der Waals surface area contributed by atoms with Crippen molar-refractivity contribution in [3.8, 4) is 0 Å². The van der Waals surface area contributed by atoms with Crippen LogP contribution in [-0.2, 0) is 0 Å². The molecule has 0 unspecified atom stereocenters. The molecular weight excluding hydrogens is 250 g/mol. The number of carbonyl (C=O) groups is 1. The summed E-state index contributed by atoms with van der Waals surface area (Å²) >= 11 is 7.08. The van der Waals surface area contributed by atoms with Gasteiger partial charge in [0.1, 0.15) is 5.82 Å². The molecule has 0 amide bonds. The lowest BCUT2D eigenvalue weighted by Gasteiger charge is -2.03. The number of pyridine rings is 1. The zero-order valence-corrected chi connectivity index (χ0v) is 9.42. The second kappa shape index (κ2) is 4.46. The molecule has 16 heavy (non-hydrogen) atoms. The molecule has 2 aromatic heterocycles. The Kier molecular flexibility index (Phi) is 3.02. The molecule has 0 aromatic carbocycles. The van der Waals surface area contributed by atoms with E-state index in [2.05, 4.69) is 15.3 Å². The molecule has 2 heterocycles. The normalized spacial score (nSPS) is 10.1. The highest BCUT2D eigenvalue weighted by Gasteiger charge is 2.11. The van der Waals surface area contributed by atoms with Crippen LogP contribution in [0.25, 0.3) is 0 Å². The Morgan fingerprint density at radius 2 is 2.31 bits per heavy atom. The predicted octanol–water partition coefficient (Wildman–Crippen LogP) is 2.63. The molecule has 0 bridgehead atoms. The highest BCUT2D eigenvalue weighted by atomic mass is 35.5. The summed E-state index contributed by atoms with van der Waals surface area (Å²) in [5, 5.41) is 14.3. The molecule has 0 fully saturated rings. The maximum Gasteiger partial charge on any atom is 0.356 e. The predicted molar refractivity (Wildman–Crippen MR) is 61.6 cm³/mol. The summed E-state index contributed by atoms with van der Waals surface area (Å²) in [6, 6.07) is 3.07. The van der Waals surface area contributed by atoms with E-state index in [0.29, 0.717) is 10.9 Å². The molecule has 0 aliphatic carbocycles. The van der Waals surface area contributed by atoms with E-state index < -0.39 is 5.97 Å². The van der Waals surface area contributed by atoms with Crippen LogP contribution in [0.4, 0.5) is 10.9 Å². The van der Waals surface area contributed by atoms with Gasteiger partial charge < -0.3 is 10.4 Å². The largest absolute Gasteiger partial charge is 0.476 e. The number of carboxylic acid groups (broad SMARTS) is 1. The molecule has 0 radical (unpaired) electrons. The van der Waals surface area contributed by atoms with E-state index in [9.17, 15) is 4.79 Å². The number of thiazole rings is 1. The molecule has 0 atom stereocenters. The maximum atomic E-state index is 10.8. The van der Waals surface area contributed by atoms with Crippen LogP contribution in [0.1, 0.15) is 10.5 Å². The fourth-order valence-corrected chi connectivity index (χ4v) is 1.78. The number of carboxylic acids is 1. The van der Waals surface area contributed by atoms with Gasteiger partial charge in [-0.3, -0.25) is 0 Å². The first-order chi connectivity index (χ1) is 7.66. The van der Waals surface area contributed by atoms with E-state index in [1.807, 2.05) is 0 Å². The van der Waals surface area contributed by atoms with Crippen LogP contribution in [0, 0.1) is 0 Å². The first kappa shape index (κ1) is 10.8. The molecule has 2 aromatic rings. The zero-order chi connectivity index (χ0) is 11.5. The van der Waals surface area contributed by atoms with Crippen molar-refractivity contribution in [3.63, 3.8) is 0 Å². The van der Waals surface area contributed by atoms with Crippen LogP contribution in [0.3, 0.4) is 0 Å². The van der Waals surface area contributed by atoms with Crippen molar-refractivity contribution < 1.29 is 9.90 Å². The number of aromatic carboxylic acids is 1. The van der Waals surface area contributed by atoms with Crippen LogP contribution in [-0.4, -0.2) is 21.0 Å². The summed E-state index contributed by atoms with van der Waals surface area (Å²) in [6.07, 6.45) is 1.64. The van der Waals surface area contributed by atoms with E-state index >= 15 is 0 Å². The van der Waals surface area contributed by atoms with E-state index in [0.717, 1.165) is 0 Å². The van der Waals surface area contributed by atoms with Crippen molar-refractivity contribution in [3.05, 3.63) is 34.4 Å².